The number of aromatic nitrogens is 1. The molecular formula is C13H18N2S2. The second kappa shape index (κ2) is 5.76. The molecule has 2 nitrogen and oxygen atoms in total. The lowest BCUT2D eigenvalue weighted by molar-refractivity contribution is 0.589. The molecule has 0 aliphatic rings. The normalized spacial score (nSPS) is 12.9. The van der Waals surface area contributed by atoms with Gasteiger partial charge in [-0.15, -0.1) is 22.7 Å². The monoisotopic (exact) mass is 266 g/mol. The molecule has 0 radical (unpaired) electrons. The van der Waals surface area contributed by atoms with Gasteiger partial charge in [-0.05, 0) is 43.8 Å². The van der Waals surface area contributed by atoms with Crippen LogP contribution in [0.25, 0.3) is 0 Å². The van der Waals surface area contributed by atoms with Crippen LogP contribution in [-0.4, -0.2) is 11.5 Å². The maximum Gasteiger partial charge on any atom is 0.0898 e. The maximum atomic E-state index is 4.61. The first-order chi connectivity index (χ1) is 8.20. The molecule has 0 spiro atoms. The lowest BCUT2D eigenvalue weighted by atomic mass is 10.1. The van der Waals surface area contributed by atoms with E-state index in [0.717, 1.165) is 23.7 Å². The summed E-state index contributed by atoms with van der Waals surface area (Å²) in [4.78, 5) is 5.97. The van der Waals surface area contributed by atoms with Crippen molar-refractivity contribution in [3.8, 4) is 0 Å². The van der Waals surface area contributed by atoms with Gasteiger partial charge in [0.25, 0.3) is 0 Å². The second-order valence-corrected chi connectivity index (χ2v) is 6.35. The van der Waals surface area contributed by atoms with E-state index in [1.165, 1.54) is 10.4 Å². The van der Waals surface area contributed by atoms with Crippen molar-refractivity contribution in [3.63, 3.8) is 0 Å². The van der Waals surface area contributed by atoms with Crippen molar-refractivity contribution in [2.45, 2.75) is 33.2 Å². The van der Waals surface area contributed by atoms with Crippen LogP contribution in [0.15, 0.2) is 16.8 Å². The predicted molar refractivity (Wildman–Crippen MR) is 76.0 cm³/mol. The number of hydrogen-bond donors (Lipinski definition) is 1. The van der Waals surface area contributed by atoms with Crippen molar-refractivity contribution in [1.29, 1.82) is 0 Å². The van der Waals surface area contributed by atoms with Gasteiger partial charge in [0, 0.05) is 10.3 Å². The molecule has 1 N–H and O–H groups in total. The molecule has 0 aromatic carbocycles. The summed E-state index contributed by atoms with van der Waals surface area (Å²) in [7, 11) is 0. The first-order valence-electron chi connectivity index (χ1n) is 5.91. The molecule has 92 valence electrons. The molecule has 1 atom stereocenters. The third kappa shape index (κ3) is 3.15. The Morgan fingerprint density at radius 2 is 2.12 bits per heavy atom. The van der Waals surface area contributed by atoms with Crippen molar-refractivity contribution in [3.05, 3.63) is 38.0 Å². The van der Waals surface area contributed by atoms with E-state index in [2.05, 4.69) is 47.9 Å². The topological polar surface area (TPSA) is 24.9 Å². The van der Waals surface area contributed by atoms with Crippen molar-refractivity contribution in [1.82, 2.24) is 10.3 Å². The average Bonchev–Trinajstić information content (AvgIpc) is 2.89. The van der Waals surface area contributed by atoms with E-state index in [-0.39, 0.29) is 6.04 Å². The number of thiophene rings is 1. The van der Waals surface area contributed by atoms with Crippen LogP contribution < -0.4 is 5.32 Å². The van der Waals surface area contributed by atoms with E-state index in [9.17, 15) is 0 Å². The third-order valence-electron chi connectivity index (χ3n) is 2.62. The van der Waals surface area contributed by atoms with Crippen LogP contribution in [0.1, 0.15) is 40.5 Å². The first kappa shape index (κ1) is 12.7. The molecular weight excluding hydrogens is 248 g/mol. The van der Waals surface area contributed by atoms with Gasteiger partial charge >= 0.3 is 0 Å². The number of hydrogen-bond acceptors (Lipinski definition) is 4. The van der Waals surface area contributed by atoms with Gasteiger partial charge in [-0.2, -0.15) is 0 Å². The summed E-state index contributed by atoms with van der Waals surface area (Å²) in [5.41, 5.74) is 2.49. The van der Waals surface area contributed by atoms with E-state index in [0.29, 0.717) is 0 Å². The number of thiazole rings is 1. The Morgan fingerprint density at radius 3 is 2.65 bits per heavy atom. The minimum absolute atomic E-state index is 0.254. The minimum Gasteiger partial charge on any atom is -0.305 e. The molecule has 0 bridgehead atoms. The first-order valence-corrected chi connectivity index (χ1v) is 7.67. The fourth-order valence-electron chi connectivity index (χ4n) is 1.81. The van der Waals surface area contributed by atoms with Crippen LogP contribution in [0.3, 0.4) is 0 Å². The Bertz CT molecular complexity index is 433. The predicted octanol–water partition coefficient (Wildman–Crippen LogP) is 3.91. The number of nitrogens with zero attached hydrogens (tertiary/aromatic N) is 1. The lowest BCUT2D eigenvalue weighted by Gasteiger charge is -2.15. The number of aryl methyl sites for hydroxylation is 2. The maximum absolute atomic E-state index is 4.61. The van der Waals surface area contributed by atoms with Gasteiger partial charge in [-0.3, -0.25) is 0 Å². The fraction of sp³-hybridized carbons (Fsp3) is 0.462. The molecule has 2 aromatic heterocycles. The van der Waals surface area contributed by atoms with Gasteiger partial charge in [-0.1, -0.05) is 6.92 Å². The Labute approximate surface area is 111 Å². The Kier molecular flexibility index (Phi) is 4.31. The van der Waals surface area contributed by atoms with Gasteiger partial charge in [0.1, 0.15) is 0 Å². The minimum atomic E-state index is 0.254. The summed E-state index contributed by atoms with van der Waals surface area (Å²) in [5, 5.41) is 9.11. The molecule has 0 saturated heterocycles. The molecule has 0 aliphatic heterocycles. The van der Waals surface area contributed by atoms with Crippen LogP contribution in [0.2, 0.25) is 0 Å². The van der Waals surface area contributed by atoms with Crippen molar-refractivity contribution in [2.75, 3.05) is 6.54 Å². The van der Waals surface area contributed by atoms with Gasteiger partial charge in [0.15, 0.2) is 0 Å². The molecule has 1 unspecified atom stereocenters. The Hall–Kier alpha value is -0.710. The van der Waals surface area contributed by atoms with E-state index < -0.39 is 0 Å². The third-order valence-corrected chi connectivity index (χ3v) is 4.29. The average molecular weight is 266 g/mol. The van der Waals surface area contributed by atoms with Crippen LogP contribution in [0, 0.1) is 13.8 Å². The highest BCUT2D eigenvalue weighted by Crippen LogP contribution is 2.27. The largest absolute Gasteiger partial charge is 0.305 e. The van der Waals surface area contributed by atoms with Crippen LogP contribution in [-0.2, 0) is 0 Å². The smallest absolute Gasteiger partial charge is 0.0898 e. The molecule has 0 fully saturated rings. The van der Waals surface area contributed by atoms with E-state index >= 15 is 0 Å². The SMILES string of the molecule is CCCNC(c1csc(C)c1)c1csc(C)n1. The van der Waals surface area contributed by atoms with Gasteiger partial charge in [-0.25, -0.2) is 4.98 Å². The zero-order valence-electron chi connectivity index (χ0n) is 10.5. The van der Waals surface area contributed by atoms with Gasteiger partial charge in [0.05, 0.1) is 16.7 Å². The molecule has 0 amide bonds. The van der Waals surface area contributed by atoms with E-state index in [1.807, 2.05) is 0 Å². The lowest BCUT2D eigenvalue weighted by Crippen LogP contribution is -2.23. The summed E-state index contributed by atoms with van der Waals surface area (Å²) >= 11 is 3.52. The van der Waals surface area contributed by atoms with Crippen molar-refractivity contribution < 1.29 is 0 Å². The van der Waals surface area contributed by atoms with Crippen molar-refractivity contribution >= 4 is 22.7 Å². The summed E-state index contributed by atoms with van der Waals surface area (Å²) in [6.45, 7) is 7.42. The Morgan fingerprint density at radius 1 is 1.29 bits per heavy atom. The number of rotatable bonds is 5. The highest BCUT2D eigenvalue weighted by molar-refractivity contribution is 7.10. The van der Waals surface area contributed by atoms with Gasteiger partial charge < -0.3 is 5.32 Å². The summed E-state index contributed by atoms with van der Waals surface area (Å²) < 4.78 is 0. The van der Waals surface area contributed by atoms with Crippen LogP contribution in [0.5, 0.6) is 0 Å². The van der Waals surface area contributed by atoms with Crippen LogP contribution >= 0.6 is 22.7 Å². The van der Waals surface area contributed by atoms with Crippen LogP contribution in [0.4, 0.5) is 0 Å². The molecule has 0 aliphatic carbocycles. The van der Waals surface area contributed by atoms with E-state index in [4.69, 9.17) is 0 Å². The molecule has 2 rings (SSSR count). The summed E-state index contributed by atoms with van der Waals surface area (Å²) in [6, 6.07) is 2.51. The summed E-state index contributed by atoms with van der Waals surface area (Å²) in [5.74, 6) is 0. The molecule has 2 aromatic rings. The molecule has 4 heteroatoms. The van der Waals surface area contributed by atoms with Crippen molar-refractivity contribution in [2.24, 2.45) is 0 Å². The van der Waals surface area contributed by atoms with E-state index in [1.54, 1.807) is 22.7 Å². The standard InChI is InChI=1S/C13H18N2S2/c1-4-5-14-13(11-6-9(2)16-7-11)12-8-17-10(3)15-12/h6-8,13-14H,4-5H2,1-3H3. The quantitative estimate of drug-likeness (QED) is 0.887. The molecule has 17 heavy (non-hydrogen) atoms. The number of nitrogens with one attached hydrogen (secondary N) is 1. The zero-order valence-corrected chi connectivity index (χ0v) is 12.1. The van der Waals surface area contributed by atoms with Gasteiger partial charge in [0.2, 0.25) is 0 Å². The zero-order chi connectivity index (χ0) is 12.3. The Balaban J connectivity index is 2.24. The highest BCUT2D eigenvalue weighted by atomic mass is 32.1. The highest BCUT2D eigenvalue weighted by Gasteiger charge is 2.16. The molecule has 2 heterocycles. The second-order valence-electron chi connectivity index (χ2n) is 4.17. The summed E-state index contributed by atoms with van der Waals surface area (Å²) in [6.07, 6.45) is 1.14. The fourth-order valence-corrected chi connectivity index (χ4v) is 3.18. The molecule has 0 saturated carbocycles.